The average Bonchev–Trinajstić information content (AvgIpc) is 3.11. The Morgan fingerprint density at radius 2 is 1.71 bits per heavy atom. The third-order valence-electron chi connectivity index (χ3n) is 6.38. The van der Waals surface area contributed by atoms with Gasteiger partial charge in [0.1, 0.15) is 18.4 Å². The molecule has 176 valence electrons. The Morgan fingerprint density at radius 1 is 1.03 bits per heavy atom. The highest BCUT2D eigenvalue weighted by atomic mass is 19.1. The first-order valence-corrected chi connectivity index (χ1v) is 11.5. The third kappa shape index (κ3) is 4.51. The SMILES string of the molecule is CC[C@@H](C)NC(=O)[C@H](C)N(Cc1ccc(F)cc1)C(=O)CN1C(=O)c2cccc3cccc1c23. The number of nitrogens with zero attached hydrogens (tertiary/aromatic N) is 2. The molecule has 3 amide bonds. The summed E-state index contributed by atoms with van der Waals surface area (Å²) in [5.41, 5.74) is 1.94. The summed E-state index contributed by atoms with van der Waals surface area (Å²) in [6.45, 7) is 5.45. The van der Waals surface area contributed by atoms with E-state index >= 15 is 0 Å². The molecule has 0 fully saturated rings. The molecule has 34 heavy (non-hydrogen) atoms. The van der Waals surface area contributed by atoms with E-state index in [0.717, 1.165) is 17.2 Å². The standard InChI is InChI=1S/C27H28FN3O3/c1-4-17(2)29-26(33)18(3)30(15-19-11-13-21(28)14-12-19)24(32)16-31-23-10-6-8-20-7-5-9-22(25(20)23)27(31)34/h5-14,17-18H,4,15-16H2,1-3H3,(H,29,33)/t17-,18+/m1/s1. The lowest BCUT2D eigenvalue weighted by atomic mass is 10.1. The normalized spacial score (nSPS) is 14.2. The van der Waals surface area contributed by atoms with Crippen LogP contribution in [0.1, 0.15) is 43.1 Å². The maximum Gasteiger partial charge on any atom is 0.259 e. The zero-order valence-electron chi connectivity index (χ0n) is 19.5. The Balaban J connectivity index is 1.61. The summed E-state index contributed by atoms with van der Waals surface area (Å²) in [7, 11) is 0. The summed E-state index contributed by atoms with van der Waals surface area (Å²) in [6.07, 6.45) is 0.759. The molecule has 1 N–H and O–H groups in total. The van der Waals surface area contributed by atoms with Gasteiger partial charge in [0.25, 0.3) is 5.91 Å². The van der Waals surface area contributed by atoms with Gasteiger partial charge in [-0.3, -0.25) is 19.3 Å². The quantitative estimate of drug-likeness (QED) is 0.545. The molecule has 1 aliphatic heterocycles. The molecule has 7 heteroatoms. The van der Waals surface area contributed by atoms with E-state index < -0.39 is 6.04 Å². The van der Waals surface area contributed by atoms with E-state index in [0.29, 0.717) is 16.8 Å². The molecule has 0 bridgehead atoms. The molecule has 0 unspecified atom stereocenters. The van der Waals surface area contributed by atoms with E-state index in [1.165, 1.54) is 21.9 Å². The van der Waals surface area contributed by atoms with Gasteiger partial charge in [0, 0.05) is 23.5 Å². The van der Waals surface area contributed by atoms with E-state index in [-0.39, 0.29) is 42.7 Å². The second kappa shape index (κ2) is 9.63. The number of nitrogens with one attached hydrogen (secondary N) is 1. The number of halogens is 1. The van der Waals surface area contributed by atoms with Gasteiger partial charge in [0.05, 0.1) is 5.69 Å². The topological polar surface area (TPSA) is 69.7 Å². The van der Waals surface area contributed by atoms with Gasteiger partial charge in [0.2, 0.25) is 11.8 Å². The van der Waals surface area contributed by atoms with Crippen molar-refractivity contribution in [2.75, 3.05) is 11.4 Å². The molecule has 1 heterocycles. The second-order valence-electron chi connectivity index (χ2n) is 8.71. The Labute approximate surface area is 198 Å². The highest BCUT2D eigenvalue weighted by molar-refractivity contribution is 6.26. The lowest BCUT2D eigenvalue weighted by molar-refractivity contribution is -0.139. The smallest absolute Gasteiger partial charge is 0.259 e. The predicted octanol–water partition coefficient (Wildman–Crippen LogP) is 4.27. The van der Waals surface area contributed by atoms with Gasteiger partial charge in [-0.1, -0.05) is 43.3 Å². The van der Waals surface area contributed by atoms with Crippen LogP contribution in [0, 0.1) is 5.82 Å². The monoisotopic (exact) mass is 461 g/mol. The number of hydrogen-bond acceptors (Lipinski definition) is 3. The fourth-order valence-corrected chi connectivity index (χ4v) is 4.20. The van der Waals surface area contributed by atoms with Gasteiger partial charge in [-0.2, -0.15) is 0 Å². The highest BCUT2D eigenvalue weighted by Gasteiger charge is 2.34. The van der Waals surface area contributed by atoms with Crippen molar-refractivity contribution in [3.63, 3.8) is 0 Å². The number of rotatable bonds is 8. The van der Waals surface area contributed by atoms with Crippen LogP contribution in [0.2, 0.25) is 0 Å². The molecule has 0 aromatic heterocycles. The number of benzene rings is 3. The number of hydrogen-bond donors (Lipinski definition) is 1. The largest absolute Gasteiger partial charge is 0.352 e. The fourth-order valence-electron chi connectivity index (χ4n) is 4.20. The predicted molar refractivity (Wildman–Crippen MR) is 130 cm³/mol. The number of amides is 3. The molecule has 2 atom stereocenters. The summed E-state index contributed by atoms with van der Waals surface area (Å²) < 4.78 is 13.4. The summed E-state index contributed by atoms with van der Waals surface area (Å²) in [5.74, 6) is -1.26. The second-order valence-corrected chi connectivity index (χ2v) is 8.71. The number of carbonyl (C=O) groups is 3. The third-order valence-corrected chi connectivity index (χ3v) is 6.38. The molecule has 0 spiro atoms. The average molecular weight is 462 g/mol. The molecule has 3 aromatic rings. The van der Waals surface area contributed by atoms with Gasteiger partial charge in [0.15, 0.2) is 0 Å². The van der Waals surface area contributed by atoms with Crippen molar-refractivity contribution in [1.29, 1.82) is 0 Å². The molecule has 6 nitrogen and oxygen atoms in total. The van der Waals surface area contributed by atoms with Crippen molar-refractivity contribution in [3.05, 3.63) is 77.6 Å². The molecular formula is C27H28FN3O3. The van der Waals surface area contributed by atoms with Crippen LogP contribution < -0.4 is 10.2 Å². The fraction of sp³-hybridized carbons (Fsp3) is 0.296. The number of anilines is 1. The maximum absolute atomic E-state index is 13.6. The molecule has 0 saturated carbocycles. The van der Waals surface area contributed by atoms with E-state index in [4.69, 9.17) is 0 Å². The molecule has 4 rings (SSSR count). The van der Waals surface area contributed by atoms with Crippen LogP contribution in [-0.2, 0) is 16.1 Å². The lowest BCUT2D eigenvalue weighted by Gasteiger charge is -2.31. The highest BCUT2D eigenvalue weighted by Crippen LogP contribution is 2.37. The van der Waals surface area contributed by atoms with Crippen molar-refractivity contribution in [1.82, 2.24) is 10.2 Å². The molecular weight excluding hydrogens is 433 g/mol. The minimum Gasteiger partial charge on any atom is -0.352 e. The minimum absolute atomic E-state index is 0.0371. The lowest BCUT2D eigenvalue weighted by Crippen LogP contribution is -2.52. The van der Waals surface area contributed by atoms with E-state index in [1.54, 1.807) is 25.1 Å². The van der Waals surface area contributed by atoms with Crippen LogP contribution in [0.25, 0.3) is 10.8 Å². The van der Waals surface area contributed by atoms with Gasteiger partial charge in [-0.25, -0.2) is 4.39 Å². The van der Waals surface area contributed by atoms with Crippen molar-refractivity contribution in [2.45, 2.75) is 45.8 Å². The first-order chi connectivity index (χ1) is 16.3. The van der Waals surface area contributed by atoms with Gasteiger partial charge in [-0.15, -0.1) is 0 Å². The molecule has 1 aliphatic rings. The van der Waals surface area contributed by atoms with Crippen LogP contribution in [0.4, 0.5) is 10.1 Å². The Hall–Kier alpha value is -3.74. The first-order valence-electron chi connectivity index (χ1n) is 11.5. The van der Waals surface area contributed by atoms with Crippen molar-refractivity contribution >= 4 is 34.2 Å². The van der Waals surface area contributed by atoms with Gasteiger partial charge >= 0.3 is 0 Å². The van der Waals surface area contributed by atoms with Crippen LogP contribution in [0.3, 0.4) is 0 Å². The minimum atomic E-state index is -0.776. The van der Waals surface area contributed by atoms with Crippen LogP contribution in [0.15, 0.2) is 60.7 Å². The van der Waals surface area contributed by atoms with Crippen LogP contribution in [0.5, 0.6) is 0 Å². The summed E-state index contributed by atoms with van der Waals surface area (Å²) in [5, 5.41) is 4.68. The van der Waals surface area contributed by atoms with Crippen molar-refractivity contribution in [2.24, 2.45) is 0 Å². The van der Waals surface area contributed by atoms with E-state index in [9.17, 15) is 18.8 Å². The Bertz CT molecular complexity index is 1240. The van der Waals surface area contributed by atoms with Gasteiger partial charge < -0.3 is 10.2 Å². The van der Waals surface area contributed by atoms with Crippen molar-refractivity contribution < 1.29 is 18.8 Å². The van der Waals surface area contributed by atoms with E-state index in [1.807, 2.05) is 44.2 Å². The molecule has 0 radical (unpaired) electrons. The zero-order chi connectivity index (χ0) is 24.4. The van der Waals surface area contributed by atoms with Crippen LogP contribution >= 0.6 is 0 Å². The summed E-state index contributed by atoms with van der Waals surface area (Å²) in [6, 6.07) is 16.2. The van der Waals surface area contributed by atoms with E-state index in [2.05, 4.69) is 5.32 Å². The summed E-state index contributed by atoms with van der Waals surface area (Å²) in [4.78, 5) is 42.5. The van der Waals surface area contributed by atoms with Gasteiger partial charge in [-0.05, 0) is 55.5 Å². The number of carbonyl (C=O) groups excluding carboxylic acids is 3. The zero-order valence-corrected chi connectivity index (χ0v) is 19.5. The Morgan fingerprint density at radius 3 is 2.38 bits per heavy atom. The molecule has 0 saturated heterocycles. The molecule has 3 aromatic carbocycles. The van der Waals surface area contributed by atoms with Crippen LogP contribution in [-0.4, -0.2) is 41.2 Å². The van der Waals surface area contributed by atoms with Crippen molar-refractivity contribution in [3.8, 4) is 0 Å². The Kier molecular flexibility index (Phi) is 6.63. The maximum atomic E-state index is 13.6. The first kappa shape index (κ1) is 23.4. The summed E-state index contributed by atoms with van der Waals surface area (Å²) >= 11 is 0. The molecule has 0 aliphatic carbocycles.